The van der Waals surface area contributed by atoms with Crippen LogP contribution in [0.1, 0.15) is 17.8 Å². The lowest BCUT2D eigenvalue weighted by molar-refractivity contribution is -0.144. The fraction of sp³-hybridized carbons (Fsp3) is 0.786. The molecule has 0 N–H and O–H groups in total. The molecular formula is C14H20F2N4O3. The van der Waals surface area contributed by atoms with Gasteiger partial charge in [-0.3, -0.25) is 14.6 Å². The number of aryl methyl sites for hydroxylation is 1. The number of ether oxygens (including phenoxy) is 1. The molecule has 1 aromatic heterocycles. The Balaban J connectivity index is 1.65. The van der Waals surface area contributed by atoms with Crippen molar-refractivity contribution in [3.8, 4) is 0 Å². The standard InChI is InChI=1S/C14H20F2N4O3/c1-8-17-12(23-18-8)10-7-20(5-4-19(10)2)6-9-11(13(21)22-3)14(9,15)16/h9-11H,4-7H2,1-3H3. The number of esters is 1. The van der Waals surface area contributed by atoms with Crippen LogP contribution >= 0.6 is 0 Å². The second-order valence-corrected chi connectivity index (χ2v) is 6.22. The van der Waals surface area contributed by atoms with E-state index in [9.17, 15) is 13.6 Å². The number of hydrogen-bond donors (Lipinski definition) is 0. The molecule has 0 bridgehead atoms. The molecule has 1 aliphatic heterocycles. The fourth-order valence-corrected chi connectivity index (χ4v) is 3.15. The summed E-state index contributed by atoms with van der Waals surface area (Å²) in [6, 6.07) is -0.131. The number of hydrogen-bond acceptors (Lipinski definition) is 7. The number of likely N-dealkylation sites (N-methyl/N-ethyl adjacent to an activating group) is 1. The zero-order valence-corrected chi connectivity index (χ0v) is 13.3. The molecule has 1 aromatic rings. The van der Waals surface area contributed by atoms with E-state index in [2.05, 4.69) is 19.8 Å². The summed E-state index contributed by atoms with van der Waals surface area (Å²) in [7, 11) is 3.07. The highest BCUT2D eigenvalue weighted by molar-refractivity contribution is 5.78. The van der Waals surface area contributed by atoms with Gasteiger partial charge in [-0.05, 0) is 14.0 Å². The molecule has 0 aromatic carbocycles. The molecule has 2 aliphatic rings. The smallest absolute Gasteiger partial charge is 0.315 e. The Morgan fingerprint density at radius 2 is 2.22 bits per heavy atom. The van der Waals surface area contributed by atoms with Crippen LogP contribution in [0.2, 0.25) is 0 Å². The van der Waals surface area contributed by atoms with Crippen LogP contribution in [0, 0.1) is 18.8 Å². The molecule has 3 unspecified atom stereocenters. The van der Waals surface area contributed by atoms with E-state index >= 15 is 0 Å². The SMILES string of the molecule is COC(=O)C1C(CN2CCN(C)C(c3nc(C)no3)C2)C1(F)F. The summed E-state index contributed by atoms with van der Waals surface area (Å²) in [6.07, 6.45) is 0. The number of carbonyl (C=O) groups excluding carboxylic acids is 1. The van der Waals surface area contributed by atoms with Gasteiger partial charge in [0.05, 0.1) is 13.0 Å². The molecule has 2 heterocycles. The van der Waals surface area contributed by atoms with Crippen LogP contribution in [0.15, 0.2) is 4.52 Å². The maximum Gasteiger partial charge on any atom is 0.315 e. The largest absolute Gasteiger partial charge is 0.469 e. The first-order valence-corrected chi connectivity index (χ1v) is 7.53. The van der Waals surface area contributed by atoms with Crippen molar-refractivity contribution in [1.82, 2.24) is 19.9 Å². The van der Waals surface area contributed by atoms with Crippen LogP contribution in [0.4, 0.5) is 8.78 Å². The summed E-state index contributed by atoms with van der Waals surface area (Å²) >= 11 is 0. The number of alkyl halides is 2. The minimum absolute atomic E-state index is 0.131. The topological polar surface area (TPSA) is 71.7 Å². The molecule has 3 atom stereocenters. The molecule has 128 valence electrons. The van der Waals surface area contributed by atoms with E-state index in [1.807, 2.05) is 11.9 Å². The second kappa shape index (κ2) is 5.79. The van der Waals surface area contributed by atoms with E-state index in [1.165, 1.54) is 0 Å². The highest BCUT2D eigenvalue weighted by Crippen LogP contribution is 2.56. The number of aromatic nitrogens is 2. The molecule has 1 aliphatic carbocycles. The van der Waals surface area contributed by atoms with Crippen molar-refractivity contribution in [2.75, 3.05) is 40.3 Å². The predicted molar refractivity (Wildman–Crippen MR) is 74.8 cm³/mol. The highest BCUT2D eigenvalue weighted by atomic mass is 19.3. The van der Waals surface area contributed by atoms with Gasteiger partial charge in [-0.25, -0.2) is 8.78 Å². The fourth-order valence-electron chi connectivity index (χ4n) is 3.15. The van der Waals surface area contributed by atoms with E-state index < -0.39 is 23.7 Å². The average molecular weight is 330 g/mol. The van der Waals surface area contributed by atoms with Crippen molar-refractivity contribution in [1.29, 1.82) is 0 Å². The molecule has 1 saturated heterocycles. The Labute approximate surface area is 132 Å². The van der Waals surface area contributed by atoms with Gasteiger partial charge in [-0.2, -0.15) is 4.98 Å². The van der Waals surface area contributed by atoms with Gasteiger partial charge in [0.25, 0.3) is 5.92 Å². The molecule has 7 nitrogen and oxygen atoms in total. The van der Waals surface area contributed by atoms with Crippen LogP contribution in [0.25, 0.3) is 0 Å². The van der Waals surface area contributed by atoms with E-state index in [0.717, 1.165) is 7.11 Å². The molecule has 1 saturated carbocycles. The zero-order chi connectivity index (χ0) is 16.8. The molecule has 0 radical (unpaired) electrons. The predicted octanol–water partition coefficient (Wildman–Crippen LogP) is 0.721. The van der Waals surface area contributed by atoms with Gasteiger partial charge in [0.1, 0.15) is 12.0 Å². The average Bonchev–Trinajstić information content (AvgIpc) is 2.83. The third kappa shape index (κ3) is 2.94. The molecule has 0 amide bonds. The number of methoxy groups -OCH3 is 1. The number of carbonyl (C=O) groups is 1. The number of nitrogens with zero attached hydrogens (tertiary/aromatic N) is 4. The summed E-state index contributed by atoms with van der Waals surface area (Å²) in [6.45, 7) is 3.76. The van der Waals surface area contributed by atoms with Crippen molar-refractivity contribution in [3.05, 3.63) is 11.7 Å². The van der Waals surface area contributed by atoms with Crippen LogP contribution in [-0.2, 0) is 9.53 Å². The minimum Gasteiger partial charge on any atom is -0.469 e. The van der Waals surface area contributed by atoms with Gasteiger partial charge in [-0.1, -0.05) is 5.16 Å². The quantitative estimate of drug-likeness (QED) is 0.753. The van der Waals surface area contributed by atoms with Crippen molar-refractivity contribution >= 4 is 5.97 Å². The zero-order valence-electron chi connectivity index (χ0n) is 13.3. The summed E-state index contributed by atoms with van der Waals surface area (Å²) in [5.74, 6) is -5.09. The summed E-state index contributed by atoms with van der Waals surface area (Å²) in [4.78, 5) is 19.6. The minimum atomic E-state index is -2.98. The van der Waals surface area contributed by atoms with Crippen molar-refractivity contribution in [2.45, 2.75) is 18.9 Å². The van der Waals surface area contributed by atoms with Crippen molar-refractivity contribution in [3.63, 3.8) is 0 Å². The third-order valence-corrected chi connectivity index (χ3v) is 4.67. The Bertz CT molecular complexity index is 594. The lowest BCUT2D eigenvalue weighted by Crippen LogP contribution is -2.47. The Morgan fingerprint density at radius 1 is 1.48 bits per heavy atom. The second-order valence-electron chi connectivity index (χ2n) is 6.22. The number of rotatable bonds is 4. The van der Waals surface area contributed by atoms with Gasteiger partial charge < -0.3 is 9.26 Å². The maximum absolute atomic E-state index is 13.8. The maximum atomic E-state index is 13.8. The normalized spacial score (nSPS) is 31.1. The molecule has 23 heavy (non-hydrogen) atoms. The first-order chi connectivity index (χ1) is 10.8. The lowest BCUT2D eigenvalue weighted by atomic mass is 10.1. The van der Waals surface area contributed by atoms with E-state index in [-0.39, 0.29) is 12.6 Å². The van der Waals surface area contributed by atoms with Gasteiger partial charge in [0.2, 0.25) is 5.89 Å². The van der Waals surface area contributed by atoms with Crippen molar-refractivity contribution in [2.24, 2.45) is 11.8 Å². The number of piperazine rings is 1. The Hall–Kier alpha value is -1.61. The summed E-state index contributed by atoms with van der Waals surface area (Å²) in [5, 5.41) is 3.78. The van der Waals surface area contributed by atoms with Crippen LogP contribution in [0.5, 0.6) is 0 Å². The van der Waals surface area contributed by atoms with E-state index in [0.29, 0.717) is 31.3 Å². The Kier molecular flexibility index (Phi) is 4.09. The summed E-state index contributed by atoms with van der Waals surface area (Å²) < 4.78 is 37.2. The third-order valence-electron chi connectivity index (χ3n) is 4.67. The van der Waals surface area contributed by atoms with Gasteiger partial charge in [-0.15, -0.1) is 0 Å². The van der Waals surface area contributed by atoms with E-state index in [1.54, 1.807) is 6.92 Å². The monoisotopic (exact) mass is 330 g/mol. The van der Waals surface area contributed by atoms with E-state index in [4.69, 9.17) is 4.52 Å². The van der Waals surface area contributed by atoms with Crippen molar-refractivity contribution < 1.29 is 22.8 Å². The van der Waals surface area contributed by atoms with Crippen LogP contribution in [0.3, 0.4) is 0 Å². The van der Waals surface area contributed by atoms with Gasteiger partial charge in [0, 0.05) is 26.2 Å². The molecule has 3 rings (SSSR count). The summed E-state index contributed by atoms with van der Waals surface area (Å²) in [5.41, 5.74) is 0. The van der Waals surface area contributed by atoms with Gasteiger partial charge >= 0.3 is 5.97 Å². The first kappa shape index (κ1) is 16.3. The number of halogens is 2. The molecular weight excluding hydrogens is 310 g/mol. The Morgan fingerprint density at radius 3 is 2.83 bits per heavy atom. The first-order valence-electron chi connectivity index (χ1n) is 7.53. The van der Waals surface area contributed by atoms with Gasteiger partial charge in [0.15, 0.2) is 5.82 Å². The van der Waals surface area contributed by atoms with Crippen LogP contribution < -0.4 is 0 Å². The molecule has 2 fully saturated rings. The highest BCUT2D eigenvalue weighted by Gasteiger charge is 2.72. The molecule has 9 heteroatoms. The lowest BCUT2D eigenvalue weighted by Gasteiger charge is -2.37. The van der Waals surface area contributed by atoms with Crippen LogP contribution in [-0.4, -0.2) is 72.2 Å². The molecule has 0 spiro atoms.